The van der Waals surface area contributed by atoms with Gasteiger partial charge in [0.05, 0.1) is 11.4 Å². The summed E-state index contributed by atoms with van der Waals surface area (Å²) in [6.07, 6.45) is 12.3. The molecule has 0 saturated carbocycles. The third-order valence-electron chi connectivity index (χ3n) is 5.02. The number of nitrogens with one attached hydrogen (secondary N) is 1. The lowest BCUT2D eigenvalue weighted by atomic mass is 9.94. The topological polar surface area (TPSA) is 50.4 Å². The third-order valence-corrected chi connectivity index (χ3v) is 5.02. The van der Waals surface area contributed by atoms with Gasteiger partial charge in [-0.05, 0) is 84.4 Å². The van der Waals surface area contributed by atoms with E-state index in [0.717, 1.165) is 53.2 Å². The van der Waals surface area contributed by atoms with Crippen molar-refractivity contribution in [2.24, 2.45) is 4.99 Å². The Morgan fingerprint density at radius 1 is 1.34 bits per heavy atom. The molecule has 1 unspecified atom stereocenters. The highest BCUT2D eigenvalue weighted by atomic mass is 19.1. The van der Waals surface area contributed by atoms with Crippen LogP contribution in [0.1, 0.15) is 64.0 Å². The first kappa shape index (κ1) is 26.6. The van der Waals surface area contributed by atoms with Crippen molar-refractivity contribution >= 4 is 12.3 Å². The molecule has 0 bridgehead atoms. The molecule has 0 radical (unpaired) electrons. The number of hydrogen-bond acceptors (Lipinski definition) is 4. The van der Waals surface area contributed by atoms with E-state index in [-0.39, 0.29) is 0 Å². The second-order valence-electron chi connectivity index (χ2n) is 7.32. The summed E-state index contributed by atoms with van der Waals surface area (Å²) in [6.45, 7) is 21.0. The molecule has 4 nitrogen and oxygen atoms in total. The maximum Gasteiger partial charge on any atom is 0.141 e. The van der Waals surface area contributed by atoms with Crippen LogP contribution in [0.2, 0.25) is 0 Å². The molecule has 1 N–H and O–H groups in total. The Morgan fingerprint density at radius 3 is 2.31 bits per heavy atom. The normalized spacial score (nSPS) is 18.4. The van der Waals surface area contributed by atoms with Crippen molar-refractivity contribution in [3.8, 4) is 12.8 Å². The van der Waals surface area contributed by atoms with Gasteiger partial charge in [-0.1, -0.05) is 24.2 Å². The van der Waals surface area contributed by atoms with Gasteiger partial charge in [0.15, 0.2) is 0 Å². The highest BCUT2D eigenvalue weighted by Gasteiger charge is 2.28. The van der Waals surface area contributed by atoms with E-state index in [1.165, 1.54) is 5.57 Å². The molecule has 1 atom stereocenters. The number of aliphatic imine (C=N–C) groups is 1. The monoisotopic (exact) mass is 401 g/mol. The lowest BCUT2D eigenvalue weighted by Crippen LogP contribution is -2.41. The molecule has 1 fully saturated rings. The fourth-order valence-corrected chi connectivity index (χ4v) is 2.94. The van der Waals surface area contributed by atoms with E-state index in [4.69, 9.17) is 4.52 Å². The van der Waals surface area contributed by atoms with Crippen LogP contribution in [0.25, 0.3) is 5.57 Å². The van der Waals surface area contributed by atoms with Gasteiger partial charge in [-0.25, -0.2) is 4.39 Å². The first-order chi connectivity index (χ1) is 13.6. The van der Waals surface area contributed by atoms with Crippen LogP contribution in [0, 0.1) is 26.7 Å². The maximum absolute atomic E-state index is 13.2. The molecule has 0 amide bonds. The number of aryl methyl sites for hydroxylation is 2. The van der Waals surface area contributed by atoms with E-state index in [2.05, 4.69) is 41.6 Å². The number of hydrogen-bond donors (Lipinski definition) is 1. The van der Waals surface area contributed by atoms with Crippen LogP contribution in [-0.4, -0.2) is 30.6 Å². The summed E-state index contributed by atoms with van der Waals surface area (Å²) in [5, 5.41) is 6.98. The number of rotatable bonds is 5. The van der Waals surface area contributed by atoms with Crippen molar-refractivity contribution in [3.63, 3.8) is 0 Å². The van der Waals surface area contributed by atoms with Crippen LogP contribution in [-0.2, 0) is 0 Å². The largest absolute Gasteiger partial charge is 0.361 e. The van der Waals surface area contributed by atoms with Gasteiger partial charge in [0.2, 0.25) is 0 Å². The van der Waals surface area contributed by atoms with Crippen molar-refractivity contribution in [2.45, 2.75) is 66.5 Å². The Kier molecular flexibility index (Phi) is 11.8. The number of nitrogens with zero attached hydrogens (tertiary/aromatic N) is 2. The van der Waals surface area contributed by atoms with Gasteiger partial charge in [-0.3, -0.25) is 4.99 Å². The van der Waals surface area contributed by atoms with Crippen molar-refractivity contribution in [1.82, 2.24) is 10.5 Å². The average Bonchev–Trinajstić information content (AvgIpc) is 3.06. The fourth-order valence-electron chi connectivity index (χ4n) is 2.94. The quantitative estimate of drug-likeness (QED) is 0.375. The summed E-state index contributed by atoms with van der Waals surface area (Å²) in [4.78, 5) is 4.06. The Bertz CT molecular complexity index is 739. The highest BCUT2D eigenvalue weighted by molar-refractivity contribution is 5.76. The predicted octanol–water partition coefficient (Wildman–Crippen LogP) is 5.98. The van der Waals surface area contributed by atoms with Crippen molar-refractivity contribution in [3.05, 3.63) is 46.5 Å². The number of piperidine rings is 1. The molecule has 0 spiro atoms. The standard InChI is InChI=1S/C15H20N2O.C7H14FN.C2H2/c1-9(2)11(4)14(16-7)8-10(3)15-12(5)17-18-13(15)6;1-2-7(8)4-3-5-9-6-7;1-2/h8H,3,7H2,1-2,4-6H3;9H,2-6H2,1H3;1-2H/b14-8+;;. The number of terminal acetylenes is 1. The Morgan fingerprint density at radius 2 is 1.97 bits per heavy atom. The minimum atomic E-state index is -0.891. The molecular weight excluding hydrogens is 365 g/mol. The summed E-state index contributed by atoms with van der Waals surface area (Å²) in [5.41, 5.74) is 4.88. The second-order valence-corrected chi connectivity index (χ2v) is 7.32. The first-order valence-electron chi connectivity index (χ1n) is 9.83. The summed E-state index contributed by atoms with van der Waals surface area (Å²) < 4.78 is 18.4. The molecule has 0 aromatic carbocycles. The Hall–Kier alpha value is -2.45. The van der Waals surface area contributed by atoms with Crippen LogP contribution < -0.4 is 5.32 Å². The van der Waals surface area contributed by atoms with Gasteiger partial charge < -0.3 is 9.84 Å². The molecule has 29 heavy (non-hydrogen) atoms. The minimum absolute atomic E-state index is 0.559. The van der Waals surface area contributed by atoms with E-state index in [9.17, 15) is 4.39 Å². The summed E-state index contributed by atoms with van der Waals surface area (Å²) >= 11 is 0. The van der Waals surface area contributed by atoms with Gasteiger partial charge in [0.25, 0.3) is 0 Å². The van der Waals surface area contributed by atoms with E-state index >= 15 is 0 Å². The van der Waals surface area contributed by atoms with Crippen LogP contribution in [0.3, 0.4) is 0 Å². The van der Waals surface area contributed by atoms with Gasteiger partial charge in [-0.15, -0.1) is 12.8 Å². The van der Waals surface area contributed by atoms with E-state index < -0.39 is 5.67 Å². The van der Waals surface area contributed by atoms with Crippen LogP contribution in [0.15, 0.2) is 39.0 Å². The van der Waals surface area contributed by atoms with E-state index in [0.29, 0.717) is 13.0 Å². The van der Waals surface area contributed by atoms with Crippen LogP contribution in [0.4, 0.5) is 4.39 Å². The average molecular weight is 402 g/mol. The van der Waals surface area contributed by atoms with Crippen LogP contribution >= 0.6 is 0 Å². The summed E-state index contributed by atoms with van der Waals surface area (Å²) in [6, 6.07) is 0. The molecule has 1 aromatic rings. The molecular formula is C24H36FN3O. The van der Waals surface area contributed by atoms with Gasteiger partial charge >= 0.3 is 0 Å². The van der Waals surface area contributed by atoms with Gasteiger partial charge in [-0.2, -0.15) is 0 Å². The second kappa shape index (κ2) is 12.9. The lowest BCUT2D eigenvalue weighted by molar-refractivity contribution is 0.117. The van der Waals surface area contributed by atoms with Crippen molar-refractivity contribution in [2.75, 3.05) is 13.1 Å². The van der Waals surface area contributed by atoms with Crippen LogP contribution in [0.5, 0.6) is 0 Å². The highest BCUT2D eigenvalue weighted by Crippen LogP contribution is 2.26. The Balaban J connectivity index is 0.000000595. The number of alkyl halides is 1. The molecule has 2 rings (SSSR count). The van der Waals surface area contributed by atoms with Gasteiger partial charge in [0, 0.05) is 12.1 Å². The molecule has 0 aliphatic carbocycles. The smallest absolute Gasteiger partial charge is 0.141 e. The molecule has 1 aliphatic rings. The molecule has 5 heteroatoms. The SMILES string of the molecule is C#C.C=N/C(=C/C(=C)c1c(C)noc1C)C(C)=C(C)C.CCC1(F)CCCNC1. The Labute approximate surface area is 176 Å². The number of aromatic nitrogens is 1. The zero-order valence-corrected chi connectivity index (χ0v) is 18.9. The van der Waals surface area contributed by atoms with E-state index in [1.54, 1.807) is 0 Å². The molecule has 1 saturated heterocycles. The fraction of sp³-hybridized carbons (Fsp3) is 0.500. The van der Waals surface area contributed by atoms with Gasteiger partial charge in [0.1, 0.15) is 11.4 Å². The minimum Gasteiger partial charge on any atom is -0.361 e. The molecule has 160 valence electrons. The lowest BCUT2D eigenvalue weighted by Gasteiger charge is -2.28. The molecule has 2 heterocycles. The maximum atomic E-state index is 13.2. The van der Waals surface area contributed by atoms with Crippen molar-refractivity contribution in [1.29, 1.82) is 0 Å². The molecule has 1 aliphatic heterocycles. The summed E-state index contributed by atoms with van der Waals surface area (Å²) in [5.74, 6) is 0.770. The first-order valence-corrected chi connectivity index (χ1v) is 9.83. The number of halogens is 1. The molecule has 1 aromatic heterocycles. The zero-order chi connectivity index (χ0) is 22.6. The van der Waals surface area contributed by atoms with Crippen molar-refractivity contribution < 1.29 is 8.91 Å². The predicted molar refractivity (Wildman–Crippen MR) is 123 cm³/mol. The van der Waals surface area contributed by atoms with E-state index in [1.807, 2.05) is 47.6 Å². The zero-order valence-electron chi connectivity index (χ0n) is 18.9. The summed E-state index contributed by atoms with van der Waals surface area (Å²) in [7, 11) is 0. The number of allylic oxidation sites excluding steroid dienone is 4. The third kappa shape index (κ3) is 8.21.